The lowest BCUT2D eigenvalue weighted by Crippen LogP contribution is -2.46. The number of pyridine rings is 1. The van der Waals surface area contributed by atoms with Crippen LogP contribution in [0, 0.1) is 0 Å². The summed E-state index contributed by atoms with van der Waals surface area (Å²) in [5, 5.41) is 11.4. The Morgan fingerprint density at radius 1 is 0.966 bits per heavy atom. The summed E-state index contributed by atoms with van der Waals surface area (Å²) in [7, 11) is 0. The summed E-state index contributed by atoms with van der Waals surface area (Å²) < 4.78 is 0. The molecule has 0 radical (unpaired) electrons. The standard InChI is InChI=1S/C22H25N7/c1-2-7-19(8-3-1)9-6-12-28-13-15-29(16-14-28)21-18-25-27-22(26-21)24-17-20-10-4-5-11-23-20/h1-11,18H,12-17H2,(H,24,26,27)/b9-6+. The van der Waals surface area contributed by atoms with Crippen molar-refractivity contribution in [3.63, 3.8) is 0 Å². The van der Waals surface area contributed by atoms with Crippen molar-refractivity contribution in [2.75, 3.05) is 42.9 Å². The molecular weight excluding hydrogens is 362 g/mol. The topological polar surface area (TPSA) is 70.1 Å². The zero-order valence-corrected chi connectivity index (χ0v) is 16.4. The molecule has 7 nitrogen and oxygen atoms in total. The smallest absolute Gasteiger partial charge is 0.245 e. The van der Waals surface area contributed by atoms with E-state index in [1.54, 1.807) is 12.4 Å². The Hall–Kier alpha value is -3.32. The fourth-order valence-electron chi connectivity index (χ4n) is 3.26. The molecule has 1 saturated heterocycles. The summed E-state index contributed by atoms with van der Waals surface area (Å²) in [4.78, 5) is 13.6. The van der Waals surface area contributed by atoms with E-state index in [1.807, 2.05) is 24.3 Å². The molecule has 1 aliphatic heterocycles. The van der Waals surface area contributed by atoms with Gasteiger partial charge in [-0.3, -0.25) is 9.88 Å². The minimum Gasteiger partial charge on any atom is -0.353 e. The van der Waals surface area contributed by atoms with E-state index in [0.29, 0.717) is 12.5 Å². The molecule has 0 amide bonds. The van der Waals surface area contributed by atoms with Crippen molar-refractivity contribution in [3.8, 4) is 0 Å². The maximum Gasteiger partial charge on any atom is 0.245 e. The maximum absolute atomic E-state index is 4.62. The van der Waals surface area contributed by atoms with Crippen LogP contribution in [0.3, 0.4) is 0 Å². The highest BCUT2D eigenvalue weighted by Gasteiger charge is 2.18. The number of benzene rings is 1. The normalized spacial score (nSPS) is 15.0. The van der Waals surface area contributed by atoms with Crippen LogP contribution in [0.2, 0.25) is 0 Å². The molecule has 0 spiro atoms. The molecule has 29 heavy (non-hydrogen) atoms. The molecule has 0 unspecified atom stereocenters. The van der Waals surface area contributed by atoms with E-state index in [-0.39, 0.29) is 0 Å². The van der Waals surface area contributed by atoms with E-state index in [9.17, 15) is 0 Å². The zero-order chi connectivity index (χ0) is 19.7. The van der Waals surface area contributed by atoms with Gasteiger partial charge in [-0.05, 0) is 17.7 Å². The molecule has 4 rings (SSSR count). The summed E-state index contributed by atoms with van der Waals surface area (Å²) in [5.74, 6) is 1.39. The third-order valence-electron chi connectivity index (χ3n) is 4.87. The molecule has 0 aliphatic carbocycles. The summed E-state index contributed by atoms with van der Waals surface area (Å²) >= 11 is 0. The minimum atomic E-state index is 0.529. The Balaban J connectivity index is 1.26. The SMILES string of the molecule is C(=C\c1ccccc1)/CN1CCN(c2cnnc(NCc3ccccn3)n2)CC1. The number of rotatable bonds is 7. The molecule has 1 aliphatic rings. The number of piperazine rings is 1. The molecule has 148 valence electrons. The maximum atomic E-state index is 4.62. The highest BCUT2D eigenvalue weighted by molar-refractivity contribution is 5.48. The first kappa shape index (κ1) is 19.0. The first-order valence-electron chi connectivity index (χ1n) is 9.89. The molecule has 1 aromatic carbocycles. The van der Waals surface area contributed by atoms with Crippen molar-refractivity contribution in [2.24, 2.45) is 0 Å². The van der Waals surface area contributed by atoms with Crippen LogP contribution in [0.1, 0.15) is 11.3 Å². The fourth-order valence-corrected chi connectivity index (χ4v) is 3.26. The monoisotopic (exact) mass is 387 g/mol. The van der Waals surface area contributed by atoms with Crippen molar-refractivity contribution in [2.45, 2.75) is 6.54 Å². The van der Waals surface area contributed by atoms with Gasteiger partial charge in [-0.1, -0.05) is 48.6 Å². The van der Waals surface area contributed by atoms with Gasteiger partial charge in [0.15, 0.2) is 5.82 Å². The predicted molar refractivity (Wildman–Crippen MR) is 116 cm³/mol. The third-order valence-corrected chi connectivity index (χ3v) is 4.87. The number of nitrogens with zero attached hydrogens (tertiary/aromatic N) is 6. The zero-order valence-electron chi connectivity index (χ0n) is 16.4. The van der Waals surface area contributed by atoms with Gasteiger partial charge in [-0.15, -0.1) is 5.10 Å². The van der Waals surface area contributed by atoms with Gasteiger partial charge in [0.1, 0.15) is 0 Å². The van der Waals surface area contributed by atoms with E-state index >= 15 is 0 Å². The molecule has 0 atom stereocenters. The summed E-state index contributed by atoms with van der Waals surface area (Å²) in [6.07, 6.45) is 7.93. The van der Waals surface area contributed by atoms with Gasteiger partial charge in [0.25, 0.3) is 0 Å². The molecule has 0 saturated carbocycles. The molecule has 3 aromatic rings. The predicted octanol–water partition coefficient (Wildman–Crippen LogP) is 2.71. The lowest BCUT2D eigenvalue weighted by Gasteiger charge is -2.34. The van der Waals surface area contributed by atoms with E-state index in [1.165, 1.54) is 5.56 Å². The first-order valence-corrected chi connectivity index (χ1v) is 9.89. The average molecular weight is 387 g/mol. The third kappa shape index (κ3) is 5.58. The van der Waals surface area contributed by atoms with Crippen molar-refractivity contribution in [3.05, 3.63) is 78.3 Å². The number of anilines is 2. The van der Waals surface area contributed by atoms with Crippen LogP contribution >= 0.6 is 0 Å². The van der Waals surface area contributed by atoms with Crippen molar-refractivity contribution in [1.29, 1.82) is 0 Å². The Morgan fingerprint density at radius 2 is 1.79 bits per heavy atom. The second-order valence-corrected chi connectivity index (χ2v) is 6.91. The average Bonchev–Trinajstić information content (AvgIpc) is 2.80. The Morgan fingerprint density at radius 3 is 2.59 bits per heavy atom. The minimum absolute atomic E-state index is 0.529. The Kier molecular flexibility index (Phi) is 6.39. The summed E-state index contributed by atoms with van der Waals surface area (Å²) in [6, 6.07) is 16.2. The Labute approximate surface area is 171 Å². The molecule has 7 heteroatoms. The molecule has 3 heterocycles. The van der Waals surface area contributed by atoms with Crippen LogP contribution in [-0.4, -0.2) is 57.8 Å². The lowest BCUT2D eigenvalue weighted by molar-refractivity contribution is 0.283. The number of aromatic nitrogens is 4. The van der Waals surface area contributed by atoms with Gasteiger partial charge in [-0.25, -0.2) is 0 Å². The lowest BCUT2D eigenvalue weighted by atomic mass is 10.2. The number of nitrogens with one attached hydrogen (secondary N) is 1. The van der Waals surface area contributed by atoms with Crippen molar-refractivity contribution in [1.82, 2.24) is 25.1 Å². The van der Waals surface area contributed by atoms with Crippen LogP contribution in [0.4, 0.5) is 11.8 Å². The largest absolute Gasteiger partial charge is 0.353 e. The van der Waals surface area contributed by atoms with Gasteiger partial charge in [0, 0.05) is 38.9 Å². The van der Waals surface area contributed by atoms with Crippen LogP contribution in [-0.2, 0) is 6.54 Å². The fraction of sp³-hybridized carbons (Fsp3) is 0.273. The molecule has 2 aromatic heterocycles. The van der Waals surface area contributed by atoms with Crippen LogP contribution < -0.4 is 10.2 Å². The molecule has 0 bridgehead atoms. The van der Waals surface area contributed by atoms with Gasteiger partial charge in [0.05, 0.1) is 18.4 Å². The van der Waals surface area contributed by atoms with E-state index in [4.69, 9.17) is 0 Å². The van der Waals surface area contributed by atoms with Gasteiger partial charge in [-0.2, -0.15) is 10.1 Å². The highest BCUT2D eigenvalue weighted by Crippen LogP contribution is 2.14. The van der Waals surface area contributed by atoms with Crippen LogP contribution in [0.15, 0.2) is 67.0 Å². The van der Waals surface area contributed by atoms with Crippen molar-refractivity contribution >= 4 is 17.8 Å². The summed E-state index contributed by atoms with van der Waals surface area (Å²) in [5.41, 5.74) is 2.18. The van der Waals surface area contributed by atoms with Crippen LogP contribution in [0.25, 0.3) is 6.08 Å². The van der Waals surface area contributed by atoms with E-state index in [2.05, 4.69) is 71.7 Å². The Bertz CT molecular complexity index is 907. The van der Waals surface area contributed by atoms with Crippen molar-refractivity contribution < 1.29 is 0 Å². The molecular formula is C22H25N7. The van der Waals surface area contributed by atoms with Crippen LogP contribution in [0.5, 0.6) is 0 Å². The highest BCUT2D eigenvalue weighted by atomic mass is 15.3. The first-order chi connectivity index (χ1) is 14.4. The molecule has 1 N–H and O–H groups in total. The van der Waals surface area contributed by atoms with Gasteiger partial charge >= 0.3 is 0 Å². The summed E-state index contributed by atoms with van der Waals surface area (Å²) in [6.45, 7) is 5.39. The number of hydrogen-bond acceptors (Lipinski definition) is 7. The molecule has 1 fully saturated rings. The quantitative estimate of drug-likeness (QED) is 0.668. The second-order valence-electron chi connectivity index (χ2n) is 6.91. The number of hydrogen-bond donors (Lipinski definition) is 1. The van der Waals surface area contributed by atoms with E-state index in [0.717, 1.165) is 44.2 Å². The van der Waals surface area contributed by atoms with Gasteiger partial charge in [0.2, 0.25) is 5.95 Å². The van der Waals surface area contributed by atoms with E-state index < -0.39 is 0 Å². The van der Waals surface area contributed by atoms with Gasteiger partial charge < -0.3 is 10.2 Å². The second kappa shape index (κ2) is 9.75.